The first-order valence-corrected chi connectivity index (χ1v) is 3.88. The molecule has 1 atom stereocenters. The predicted molar refractivity (Wildman–Crippen MR) is 53.0 cm³/mol. The Kier molecular flexibility index (Phi) is 6.01. The summed E-state index contributed by atoms with van der Waals surface area (Å²) >= 11 is 0. The standard InChI is InChI=1S/C9H10N2O.B.K/c1-6-10-8-5-3-2-4-7(8)9(12)11-6;;/h2-6H,1H3,(H2,10,11,12);;/q;-1;+1/p-1. The van der Waals surface area contributed by atoms with Gasteiger partial charge in [-0.2, -0.15) is 0 Å². The van der Waals surface area contributed by atoms with Crippen LogP contribution in [0.15, 0.2) is 24.3 Å². The maximum absolute atomic E-state index is 11.3. The van der Waals surface area contributed by atoms with Gasteiger partial charge in [-0.05, 0) is 12.2 Å². The third-order valence-corrected chi connectivity index (χ3v) is 1.83. The monoisotopic (exact) mass is 211 g/mol. The van der Waals surface area contributed by atoms with E-state index in [1.807, 2.05) is 25.1 Å². The summed E-state index contributed by atoms with van der Waals surface area (Å²) in [6.07, 6.45) is -0.104. The predicted octanol–water partition coefficient (Wildman–Crippen LogP) is -1.40. The zero-order valence-corrected chi connectivity index (χ0v) is 11.4. The van der Waals surface area contributed by atoms with E-state index in [-0.39, 0.29) is 71.9 Å². The maximum Gasteiger partial charge on any atom is 1.00 e. The second kappa shape index (κ2) is 5.92. The molecular weight excluding hydrogens is 202 g/mol. The zero-order chi connectivity index (χ0) is 8.55. The Labute approximate surface area is 128 Å². The van der Waals surface area contributed by atoms with Gasteiger partial charge >= 0.3 is 51.4 Å². The fourth-order valence-corrected chi connectivity index (χ4v) is 1.30. The maximum atomic E-state index is 11.3. The van der Waals surface area contributed by atoms with Gasteiger partial charge in [0.25, 0.3) is 0 Å². The van der Waals surface area contributed by atoms with Gasteiger partial charge in [-0.25, -0.2) is 0 Å². The van der Waals surface area contributed by atoms with Gasteiger partial charge in [0.2, 0.25) is 0 Å². The van der Waals surface area contributed by atoms with E-state index in [9.17, 15) is 4.79 Å². The second-order valence-electron chi connectivity index (χ2n) is 2.80. The number of amides is 1. The van der Waals surface area contributed by atoms with E-state index in [1.54, 1.807) is 6.07 Å². The van der Waals surface area contributed by atoms with Crippen molar-refractivity contribution in [3.05, 3.63) is 35.1 Å². The van der Waals surface area contributed by atoms with Crippen molar-refractivity contribution in [3.63, 3.8) is 0 Å². The SMILES string of the molecule is CC1[N-]C(=O)c2ccccc2N1.[B-].[K+]. The van der Waals surface area contributed by atoms with Crippen molar-refractivity contribution in [2.24, 2.45) is 0 Å². The Morgan fingerprint density at radius 2 is 2.00 bits per heavy atom. The molecule has 5 heteroatoms. The average Bonchev–Trinajstić information content (AvgIpc) is 2.04. The van der Waals surface area contributed by atoms with E-state index >= 15 is 0 Å². The molecule has 0 fully saturated rings. The van der Waals surface area contributed by atoms with Crippen LogP contribution in [0, 0.1) is 0 Å². The van der Waals surface area contributed by atoms with Crippen LogP contribution in [0.25, 0.3) is 5.32 Å². The van der Waals surface area contributed by atoms with Gasteiger partial charge in [-0.3, -0.25) is 0 Å². The number of rotatable bonds is 0. The van der Waals surface area contributed by atoms with Crippen LogP contribution in [0.3, 0.4) is 0 Å². The van der Waals surface area contributed by atoms with Gasteiger partial charge in [0.15, 0.2) is 0 Å². The van der Waals surface area contributed by atoms with Gasteiger partial charge in [0.05, 0.1) is 5.91 Å². The summed E-state index contributed by atoms with van der Waals surface area (Å²) in [7, 11) is 0. The molecule has 1 aromatic rings. The van der Waals surface area contributed by atoms with Crippen LogP contribution in [0.2, 0.25) is 0 Å². The number of para-hydroxylation sites is 1. The number of carbonyl (C=O) groups is 1. The summed E-state index contributed by atoms with van der Waals surface area (Å²) in [4.78, 5) is 11.3. The number of fused-ring (bicyclic) bond motifs is 1. The quantitative estimate of drug-likeness (QED) is 0.536. The number of carbonyl (C=O) groups excluding carboxylic acids is 1. The summed E-state index contributed by atoms with van der Waals surface area (Å²) in [6, 6.07) is 7.40. The van der Waals surface area contributed by atoms with E-state index < -0.39 is 0 Å². The van der Waals surface area contributed by atoms with Crippen LogP contribution < -0.4 is 56.7 Å². The van der Waals surface area contributed by atoms with Crippen molar-refractivity contribution in [1.82, 2.24) is 0 Å². The Morgan fingerprint density at radius 1 is 1.36 bits per heavy atom. The molecule has 1 N–H and O–H groups in total. The topological polar surface area (TPSA) is 43.2 Å². The molecule has 0 aliphatic carbocycles. The van der Waals surface area contributed by atoms with E-state index in [2.05, 4.69) is 10.6 Å². The number of hydrogen-bond acceptors (Lipinski definition) is 2. The molecule has 1 amide bonds. The third kappa shape index (κ3) is 2.84. The van der Waals surface area contributed by atoms with Crippen LogP contribution >= 0.6 is 0 Å². The first-order valence-electron chi connectivity index (χ1n) is 3.88. The number of anilines is 1. The molecule has 0 saturated carbocycles. The molecule has 3 nitrogen and oxygen atoms in total. The summed E-state index contributed by atoms with van der Waals surface area (Å²) < 4.78 is 0. The Morgan fingerprint density at radius 3 is 2.71 bits per heavy atom. The molecule has 1 aromatic carbocycles. The smallest absolute Gasteiger partial charge is 1.00 e. The van der Waals surface area contributed by atoms with Crippen molar-refractivity contribution >= 4 is 20.0 Å². The molecule has 4 radical (unpaired) electrons. The molecule has 1 aliphatic rings. The summed E-state index contributed by atoms with van der Waals surface area (Å²) in [5.41, 5.74) is 1.54. The van der Waals surface area contributed by atoms with E-state index in [4.69, 9.17) is 0 Å². The average molecular weight is 211 g/mol. The Balaban J connectivity index is 0.000000845. The van der Waals surface area contributed by atoms with Crippen molar-refractivity contribution < 1.29 is 56.2 Å². The van der Waals surface area contributed by atoms with E-state index in [0.717, 1.165) is 5.69 Å². The van der Waals surface area contributed by atoms with E-state index in [0.29, 0.717) is 5.56 Å². The third-order valence-electron chi connectivity index (χ3n) is 1.83. The molecule has 14 heavy (non-hydrogen) atoms. The molecule has 1 aliphatic heterocycles. The molecule has 66 valence electrons. The Bertz CT molecular complexity index is 332. The van der Waals surface area contributed by atoms with Gasteiger partial charge in [0, 0.05) is 11.3 Å². The van der Waals surface area contributed by atoms with Crippen LogP contribution in [-0.2, 0) is 0 Å². The van der Waals surface area contributed by atoms with Crippen molar-refractivity contribution in [3.8, 4) is 0 Å². The van der Waals surface area contributed by atoms with Gasteiger partial charge in [-0.1, -0.05) is 25.1 Å². The molecule has 0 aromatic heterocycles. The van der Waals surface area contributed by atoms with Crippen LogP contribution in [0.4, 0.5) is 5.69 Å². The largest absolute Gasteiger partial charge is 1.00 e. The summed E-state index contributed by atoms with van der Waals surface area (Å²) in [6.45, 7) is 1.86. The number of benzene rings is 1. The molecule has 0 bridgehead atoms. The number of nitrogens with zero attached hydrogens (tertiary/aromatic N) is 1. The van der Waals surface area contributed by atoms with Gasteiger partial charge < -0.3 is 23.8 Å². The van der Waals surface area contributed by atoms with Crippen LogP contribution in [0.5, 0.6) is 0 Å². The molecule has 2 rings (SSSR count). The van der Waals surface area contributed by atoms with E-state index in [1.165, 1.54) is 0 Å². The summed E-state index contributed by atoms with van der Waals surface area (Å²) in [5.74, 6) is -0.128. The minimum atomic E-state index is -0.128. The van der Waals surface area contributed by atoms with Crippen molar-refractivity contribution in [2.45, 2.75) is 13.1 Å². The van der Waals surface area contributed by atoms with Crippen LogP contribution in [0.1, 0.15) is 17.3 Å². The van der Waals surface area contributed by atoms with Crippen LogP contribution in [-0.4, -0.2) is 20.5 Å². The fourth-order valence-electron chi connectivity index (χ4n) is 1.30. The number of hydrogen-bond donors (Lipinski definition) is 1. The fraction of sp³-hybridized carbons (Fsp3) is 0.222. The minimum absolute atomic E-state index is 0. The molecule has 1 unspecified atom stereocenters. The summed E-state index contributed by atoms with van der Waals surface area (Å²) in [5, 5.41) is 6.98. The van der Waals surface area contributed by atoms with Gasteiger partial charge in [-0.15, -0.1) is 0 Å². The van der Waals surface area contributed by atoms with Crippen molar-refractivity contribution in [2.75, 3.05) is 5.32 Å². The number of nitrogens with one attached hydrogen (secondary N) is 1. The molecule has 1 heterocycles. The minimum Gasteiger partial charge on any atom is -1.00 e. The normalized spacial score (nSPS) is 17.8. The Hall–Kier alpha value is 0.191. The zero-order valence-electron chi connectivity index (χ0n) is 8.32. The van der Waals surface area contributed by atoms with Crippen molar-refractivity contribution in [1.29, 1.82) is 0 Å². The first kappa shape index (κ1) is 14.2. The molecule has 0 saturated heterocycles. The molecule has 0 spiro atoms. The van der Waals surface area contributed by atoms with Gasteiger partial charge in [0.1, 0.15) is 0 Å². The first-order chi connectivity index (χ1) is 5.77. The second-order valence-corrected chi connectivity index (χ2v) is 2.80. The molecular formula is C9H9BKN2O-.